The zero-order chi connectivity index (χ0) is 18.8. The Morgan fingerprint density at radius 3 is 2.65 bits per heavy atom. The molecule has 0 fully saturated rings. The van der Waals surface area contributed by atoms with Crippen molar-refractivity contribution in [1.29, 1.82) is 0 Å². The van der Waals surface area contributed by atoms with Crippen molar-refractivity contribution in [3.63, 3.8) is 0 Å². The van der Waals surface area contributed by atoms with Gasteiger partial charge < -0.3 is 11.1 Å². The van der Waals surface area contributed by atoms with E-state index in [2.05, 4.69) is 12.2 Å². The van der Waals surface area contributed by atoms with Gasteiger partial charge in [-0.3, -0.25) is 9.59 Å². The number of fused-ring (bicyclic) bond motifs is 1. The predicted molar refractivity (Wildman–Crippen MR) is 108 cm³/mol. The Kier molecular flexibility index (Phi) is 5.70. The third-order valence-electron chi connectivity index (χ3n) is 4.40. The van der Waals surface area contributed by atoms with Gasteiger partial charge in [0.2, 0.25) is 5.91 Å². The zero-order valence-corrected chi connectivity index (χ0v) is 16.5. The lowest BCUT2D eigenvalue weighted by atomic mass is 9.88. The number of anilines is 1. The highest BCUT2D eigenvalue weighted by molar-refractivity contribution is 7.17. The number of halogens is 2. The predicted octanol–water partition coefficient (Wildman–Crippen LogP) is 4.93. The van der Waals surface area contributed by atoms with Gasteiger partial charge in [0.05, 0.1) is 5.56 Å². The van der Waals surface area contributed by atoms with Gasteiger partial charge >= 0.3 is 0 Å². The lowest BCUT2D eigenvalue weighted by Gasteiger charge is -2.18. The monoisotopic (exact) mass is 408 g/mol. The number of carbonyl (C=O) groups is 2. The molecule has 3 N–H and O–H groups in total. The van der Waals surface area contributed by atoms with Crippen LogP contribution < -0.4 is 11.1 Å². The Hall–Kier alpha value is -1.82. The standard InChI is InChI=1S/C19H18Cl2N2O2S/c1-10-5-6-12-15(9-10)26-19(17(12)18(22)25)23-16(24)8-7-11-13(20)3-2-4-14(11)21/h2-4,7-8,10H,5-6,9H2,1H3,(H2,22,25)(H,23,24)/b8-7+. The average Bonchev–Trinajstić information content (AvgIpc) is 2.91. The van der Waals surface area contributed by atoms with Gasteiger partial charge in [0.15, 0.2) is 0 Å². The first-order valence-corrected chi connectivity index (χ1v) is 9.81. The van der Waals surface area contributed by atoms with Gasteiger partial charge in [0, 0.05) is 26.6 Å². The molecule has 1 atom stereocenters. The maximum atomic E-state index is 12.3. The number of hydrogen-bond acceptors (Lipinski definition) is 3. The summed E-state index contributed by atoms with van der Waals surface area (Å²) < 4.78 is 0. The first kappa shape index (κ1) is 19.0. The van der Waals surface area contributed by atoms with Gasteiger partial charge in [-0.05, 0) is 49.0 Å². The molecule has 0 radical (unpaired) electrons. The van der Waals surface area contributed by atoms with E-state index in [-0.39, 0.29) is 5.91 Å². The second-order valence-corrected chi connectivity index (χ2v) is 8.30. The van der Waals surface area contributed by atoms with Gasteiger partial charge in [-0.1, -0.05) is 36.2 Å². The second-order valence-electron chi connectivity index (χ2n) is 6.38. The summed E-state index contributed by atoms with van der Waals surface area (Å²) in [5, 5.41) is 4.21. The maximum Gasteiger partial charge on any atom is 0.251 e. The van der Waals surface area contributed by atoms with Crippen LogP contribution in [0.25, 0.3) is 6.08 Å². The van der Waals surface area contributed by atoms with Crippen LogP contribution in [-0.4, -0.2) is 11.8 Å². The van der Waals surface area contributed by atoms with Gasteiger partial charge in [0.1, 0.15) is 5.00 Å². The number of hydrogen-bond donors (Lipinski definition) is 2. The van der Waals surface area contributed by atoms with Crippen molar-refractivity contribution >= 4 is 57.4 Å². The number of benzene rings is 1. The molecule has 0 spiro atoms. The molecular formula is C19H18Cl2N2O2S. The fraction of sp³-hybridized carbons (Fsp3) is 0.263. The lowest BCUT2D eigenvalue weighted by Crippen LogP contribution is -2.18. The highest BCUT2D eigenvalue weighted by Gasteiger charge is 2.26. The summed E-state index contributed by atoms with van der Waals surface area (Å²) in [7, 11) is 0. The van der Waals surface area contributed by atoms with E-state index in [0.29, 0.717) is 32.1 Å². The van der Waals surface area contributed by atoms with Gasteiger partial charge in [-0.15, -0.1) is 11.3 Å². The first-order chi connectivity index (χ1) is 12.4. The molecule has 0 saturated heterocycles. The molecule has 1 heterocycles. The fourth-order valence-corrected chi connectivity index (χ4v) is 5.02. The van der Waals surface area contributed by atoms with E-state index in [9.17, 15) is 9.59 Å². The number of primary amides is 1. The van der Waals surface area contributed by atoms with E-state index in [1.165, 1.54) is 17.4 Å². The van der Waals surface area contributed by atoms with Crippen LogP contribution in [-0.2, 0) is 17.6 Å². The second kappa shape index (κ2) is 7.82. The molecule has 3 rings (SSSR count). The van der Waals surface area contributed by atoms with E-state index < -0.39 is 5.91 Å². The van der Waals surface area contributed by atoms with Gasteiger partial charge in [0.25, 0.3) is 5.91 Å². The molecule has 1 unspecified atom stereocenters. The molecule has 2 aromatic rings. The molecule has 1 aromatic carbocycles. The summed E-state index contributed by atoms with van der Waals surface area (Å²) in [6.07, 6.45) is 5.63. The number of amides is 2. The number of carbonyl (C=O) groups excluding carboxylic acids is 2. The lowest BCUT2D eigenvalue weighted by molar-refractivity contribution is -0.111. The van der Waals surface area contributed by atoms with Crippen LogP contribution in [0.3, 0.4) is 0 Å². The van der Waals surface area contributed by atoms with Crippen molar-refractivity contribution < 1.29 is 9.59 Å². The molecule has 7 heteroatoms. The average molecular weight is 409 g/mol. The van der Waals surface area contributed by atoms with Crippen LogP contribution >= 0.6 is 34.5 Å². The third kappa shape index (κ3) is 3.95. The molecule has 1 aliphatic carbocycles. The summed E-state index contributed by atoms with van der Waals surface area (Å²) in [5.41, 5.74) is 7.55. The molecule has 2 amide bonds. The van der Waals surface area contributed by atoms with E-state index in [1.54, 1.807) is 24.3 Å². The summed E-state index contributed by atoms with van der Waals surface area (Å²) >= 11 is 13.6. The highest BCUT2D eigenvalue weighted by atomic mass is 35.5. The summed E-state index contributed by atoms with van der Waals surface area (Å²) in [6.45, 7) is 2.18. The summed E-state index contributed by atoms with van der Waals surface area (Å²) in [4.78, 5) is 25.4. The van der Waals surface area contributed by atoms with Crippen LogP contribution in [0, 0.1) is 5.92 Å². The molecular weight excluding hydrogens is 391 g/mol. The molecule has 1 aromatic heterocycles. The van der Waals surface area contributed by atoms with E-state index in [1.807, 2.05) is 0 Å². The molecule has 1 aliphatic rings. The van der Waals surface area contributed by atoms with Crippen molar-refractivity contribution in [2.75, 3.05) is 5.32 Å². The van der Waals surface area contributed by atoms with Crippen molar-refractivity contribution in [3.05, 3.63) is 55.9 Å². The number of thiophene rings is 1. The maximum absolute atomic E-state index is 12.3. The van der Waals surface area contributed by atoms with E-state index in [4.69, 9.17) is 28.9 Å². The molecule has 0 aliphatic heterocycles. The molecule has 0 bridgehead atoms. The van der Waals surface area contributed by atoms with Gasteiger partial charge in [-0.2, -0.15) is 0 Å². The number of rotatable bonds is 4. The summed E-state index contributed by atoms with van der Waals surface area (Å²) in [6, 6.07) is 5.13. The largest absolute Gasteiger partial charge is 0.365 e. The van der Waals surface area contributed by atoms with Crippen LogP contribution in [0.2, 0.25) is 10.0 Å². The topological polar surface area (TPSA) is 72.2 Å². The Morgan fingerprint density at radius 2 is 2.00 bits per heavy atom. The van der Waals surface area contributed by atoms with Crippen molar-refractivity contribution in [2.45, 2.75) is 26.2 Å². The Labute approximate surface area is 166 Å². The normalized spacial score (nSPS) is 16.5. The minimum Gasteiger partial charge on any atom is -0.365 e. The third-order valence-corrected chi connectivity index (χ3v) is 6.22. The van der Waals surface area contributed by atoms with Crippen LogP contribution in [0.4, 0.5) is 5.00 Å². The van der Waals surface area contributed by atoms with Crippen LogP contribution in [0.5, 0.6) is 0 Å². The molecule has 136 valence electrons. The van der Waals surface area contributed by atoms with Crippen molar-refractivity contribution in [2.24, 2.45) is 11.7 Å². The minimum absolute atomic E-state index is 0.366. The SMILES string of the molecule is CC1CCc2c(sc(NC(=O)/C=C/c3c(Cl)cccc3Cl)c2C(N)=O)C1. The first-order valence-electron chi connectivity index (χ1n) is 8.24. The Morgan fingerprint density at radius 1 is 1.31 bits per heavy atom. The quantitative estimate of drug-likeness (QED) is 0.703. The molecule has 4 nitrogen and oxygen atoms in total. The van der Waals surface area contributed by atoms with Crippen molar-refractivity contribution in [1.82, 2.24) is 0 Å². The van der Waals surface area contributed by atoms with E-state index in [0.717, 1.165) is 29.7 Å². The fourth-order valence-electron chi connectivity index (χ4n) is 3.08. The van der Waals surface area contributed by atoms with Crippen LogP contribution in [0.15, 0.2) is 24.3 Å². The van der Waals surface area contributed by atoms with Crippen molar-refractivity contribution in [3.8, 4) is 0 Å². The van der Waals surface area contributed by atoms with Gasteiger partial charge in [-0.25, -0.2) is 0 Å². The molecule has 26 heavy (non-hydrogen) atoms. The molecule has 0 saturated carbocycles. The van der Waals surface area contributed by atoms with Crippen LogP contribution in [0.1, 0.15) is 39.7 Å². The summed E-state index contributed by atoms with van der Waals surface area (Å²) in [5.74, 6) is -0.312. The zero-order valence-electron chi connectivity index (χ0n) is 14.1. The number of nitrogens with two attached hydrogens (primary N) is 1. The number of nitrogens with one attached hydrogen (secondary N) is 1. The van der Waals surface area contributed by atoms with E-state index >= 15 is 0 Å². The minimum atomic E-state index is -0.509. The highest BCUT2D eigenvalue weighted by Crippen LogP contribution is 2.39. The smallest absolute Gasteiger partial charge is 0.251 e. The Bertz CT molecular complexity index is 885. The Balaban J connectivity index is 1.84.